The molecule has 2 rings (SSSR count). The summed E-state index contributed by atoms with van der Waals surface area (Å²) in [6.45, 7) is 3.50. The highest BCUT2D eigenvalue weighted by Crippen LogP contribution is 2.27. The van der Waals surface area contributed by atoms with Crippen molar-refractivity contribution in [3.63, 3.8) is 0 Å². The van der Waals surface area contributed by atoms with Crippen molar-refractivity contribution in [1.82, 2.24) is 9.62 Å². The number of hydrogen-bond acceptors (Lipinski definition) is 3. The maximum absolute atomic E-state index is 12.1. The van der Waals surface area contributed by atoms with E-state index in [-0.39, 0.29) is 11.8 Å². The Labute approximate surface area is 113 Å². The molecule has 1 aromatic carbocycles. The average Bonchev–Trinajstić information content (AvgIpc) is 2.39. The summed E-state index contributed by atoms with van der Waals surface area (Å²) in [6.07, 6.45) is 0. The first-order valence-electron chi connectivity index (χ1n) is 6.00. The van der Waals surface area contributed by atoms with E-state index in [0.29, 0.717) is 24.7 Å². The third kappa shape index (κ3) is 2.85. The summed E-state index contributed by atoms with van der Waals surface area (Å²) in [5.74, 6) is 0.129. The number of rotatable bonds is 3. The zero-order chi connectivity index (χ0) is 13.2. The Balaban J connectivity index is 2.34. The van der Waals surface area contributed by atoms with Crippen LogP contribution in [0, 0.1) is 0 Å². The van der Waals surface area contributed by atoms with Crippen LogP contribution in [0.15, 0.2) is 24.3 Å². The molecule has 0 spiro atoms. The van der Waals surface area contributed by atoms with Crippen LogP contribution in [0.3, 0.4) is 0 Å². The molecule has 0 amide bonds. The average molecular weight is 289 g/mol. The van der Waals surface area contributed by atoms with Gasteiger partial charge in [-0.1, -0.05) is 23.7 Å². The fourth-order valence-electron chi connectivity index (χ4n) is 2.18. The third-order valence-electron chi connectivity index (χ3n) is 3.15. The molecule has 18 heavy (non-hydrogen) atoms. The molecular formula is C12H17ClN2O2S. The summed E-state index contributed by atoms with van der Waals surface area (Å²) < 4.78 is 25.8. The minimum Gasteiger partial charge on any atom is -0.313 e. The van der Waals surface area contributed by atoms with E-state index in [0.717, 1.165) is 5.56 Å². The molecule has 1 saturated heterocycles. The monoisotopic (exact) mass is 288 g/mol. The van der Waals surface area contributed by atoms with Crippen molar-refractivity contribution in [3.8, 4) is 0 Å². The van der Waals surface area contributed by atoms with Crippen LogP contribution >= 0.6 is 11.6 Å². The van der Waals surface area contributed by atoms with Crippen molar-refractivity contribution in [2.24, 2.45) is 0 Å². The highest BCUT2D eigenvalue weighted by molar-refractivity contribution is 7.89. The van der Waals surface area contributed by atoms with E-state index in [4.69, 9.17) is 11.6 Å². The first-order valence-corrected chi connectivity index (χ1v) is 7.99. The van der Waals surface area contributed by atoms with E-state index in [1.54, 1.807) is 17.3 Å². The van der Waals surface area contributed by atoms with Gasteiger partial charge in [0.25, 0.3) is 0 Å². The summed E-state index contributed by atoms with van der Waals surface area (Å²) in [6, 6.07) is 7.23. The second-order valence-corrected chi connectivity index (χ2v) is 6.93. The number of halogens is 1. The number of nitrogens with one attached hydrogen (secondary N) is 1. The van der Waals surface area contributed by atoms with Gasteiger partial charge in [0.15, 0.2) is 0 Å². The van der Waals surface area contributed by atoms with Gasteiger partial charge in [-0.05, 0) is 24.6 Å². The summed E-state index contributed by atoms with van der Waals surface area (Å²) >= 11 is 5.97. The van der Waals surface area contributed by atoms with Crippen LogP contribution in [-0.4, -0.2) is 38.1 Å². The van der Waals surface area contributed by atoms with Gasteiger partial charge < -0.3 is 5.32 Å². The highest BCUT2D eigenvalue weighted by atomic mass is 35.5. The predicted octanol–water partition coefficient (Wildman–Crippen LogP) is 1.64. The topological polar surface area (TPSA) is 49.4 Å². The second kappa shape index (κ2) is 5.57. The van der Waals surface area contributed by atoms with Gasteiger partial charge >= 0.3 is 0 Å². The van der Waals surface area contributed by atoms with E-state index in [2.05, 4.69) is 5.32 Å². The normalized spacial score (nSPS) is 22.0. The molecule has 1 aliphatic rings. The molecule has 0 saturated carbocycles. The fraction of sp³-hybridized carbons (Fsp3) is 0.500. The molecule has 0 radical (unpaired) electrons. The SMILES string of the molecule is CCS(=O)(=O)N1CCNCC1c1cccc(Cl)c1. The lowest BCUT2D eigenvalue weighted by Crippen LogP contribution is -2.49. The van der Waals surface area contributed by atoms with Crippen molar-refractivity contribution < 1.29 is 8.42 Å². The lowest BCUT2D eigenvalue weighted by Gasteiger charge is -2.35. The minimum atomic E-state index is -3.18. The maximum atomic E-state index is 12.1. The lowest BCUT2D eigenvalue weighted by molar-refractivity contribution is 0.272. The smallest absolute Gasteiger partial charge is 0.214 e. The molecule has 0 aromatic heterocycles. The van der Waals surface area contributed by atoms with E-state index in [9.17, 15) is 8.42 Å². The van der Waals surface area contributed by atoms with Crippen molar-refractivity contribution in [3.05, 3.63) is 34.9 Å². The Morgan fingerprint density at radius 3 is 2.94 bits per heavy atom. The van der Waals surface area contributed by atoms with Gasteiger partial charge in [-0.25, -0.2) is 8.42 Å². The zero-order valence-corrected chi connectivity index (χ0v) is 11.8. The number of sulfonamides is 1. The van der Waals surface area contributed by atoms with Crippen LogP contribution in [0.2, 0.25) is 5.02 Å². The number of benzene rings is 1. The Morgan fingerprint density at radius 1 is 1.50 bits per heavy atom. The summed E-state index contributed by atoms with van der Waals surface area (Å²) in [5, 5.41) is 3.86. The molecule has 1 atom stereocenters. The first kappa shape index (κ1) is 13.8. The van der Waals surface area contributed by atoms with Gasteiger partial charge in [-0.3, -0.25) is 0 Å². The Hall–Kier alpha value is -0.620. The molecule has 1 aromatic rings. The van der Waals surface area contributed by atoms with Gasteiger partial charge in [-0.15, -0.1) is 0 Å². The molecule has 6 heteroatoms. The first-order chi connectivity index (χ1) is 8.54. The van der Waals surface area contributed by atoms with Gasteiger partial charge in [-0.2, -0.15) is 4.31 Å². The largest absolute Gasteiger partial charge is 0.313 e. The quantitative estimate of drug-likeness (QED) is 0.920. The molecule has 100 valence electrons. The van der Waals surface area contributed by atoms with Gasteiger partial charge in [0.1, 0.15) is 0 Å². The summed E-state index contributed by atoms with van der Waals surface area (Å²) in [4.78, 5) is 0. The molecule has 0 aliphatic carbocycles. The van der Waals surface area contributed by atoms with Gasteiger partial charge in [0, 0.05) is 24.7 Å². The van der Waals surface area contributed by atoms with Crippen molar-refractivity contribution in [2.75, 3.05) is 25.4 Å². The molecule has 1 fully saturated rings. The molecule has 4 nitrogen and oxygen atoms in total. The van der Waals surface area contributed by atoms with Crippen LogP contribution in [0.4, 0.5) is 0 Å². The number of nitrogens with zero attached hydrogens (tertiary/aromatic N) is 1. The predicted molar refractivity (Wildman–Crippen MR) is 73.2 cm³/mol. The summed E-state index contributed by atoms with van der Waals surface area (Å²) in [7, 11) is -3.18. The van der Waals surface area contributed by atoms with Crippen LogP contribution in [-0.2, 0) is 10.0 Å². The highest BCUT2D eigenvalue weighted by Gasteiger charge is 2.31. The molecule has 1 unspecified atom stereocenters. The summed E-state index contributed by atoms with van der Waals surface area (Å²) in [5.41, 5.74) is 0.937. The van der Waals surface area contributed by atoms with E-state index >= 15 is 0 Å². The Morgan fingerprint density at radius 2 is 2.28 bits per heavy atom. The van der Waals surface area contributed by atoms with E-state index in [1.807, 2.05) is 18.2 Å². The van der Waals surface area contributed by atoms with E-state index in [1.165, 1.54) is 0 Å². The van der Waals surface area contributed by atoms with E-state index < -0.39 is 10.0 Å². The fourth-order valence-corrected chi connectivity index (χ4v) is 3.67. The van der Waals surface area contributed by atoms with Crippen LogP contribution in [0.5, 0.6) is 0 Å². The van der Waals surface area contributed by atoms with Crippen LogP contribution in [0.25, 0.3) is 0 Å². The van der Waals surface area contributed by atoms with Crippen LogP contribution < -0.4 is 5.32 Å². The standard InChI is InChI=1S/C12H17ClN2O2S/c1-2-18(16,17)15-7-6-14-9-12(15)10-4-3-5-11(13)8-10/h3-5,8,12,14H,2,6-7,9H2,1H3. The molecular weight excluding hydrogens is 272 g/mol. The third-order valence-corrected chi connectivity index (χ3v) is 5.27. The molecule has 1 heterocycles. The minimum absolute atomic E-state index is 0.129. The van der Waals surface area contributed by atoms with Crippen molar-refractivity contribution in [2.45, 2.75) is 13.0 Å². The number of hydrogen-bond donors (Lipinski definition) is 1. The van der Waals surface area contributed by atoms with Crippen LogP contribution in [0.1, 0.15) is 18.5 Å². The Bertz CT molecular complexity index is 519. The second-order valence-electron chi connectivity index (χ2n) is 4.29. The zero-order valence-electron chi connectivity index (χ0n) is 10.3. The van der Waals surface area contributed by atoms with Gasteiger partial charge in [0.05, 0.1) is 11.8 Å². The van der Waals surface area contributed by atoms with Crippen molar-refractivity contribution >= 4 is 21.6 Å². The van der Waals surface area contributed by atoms with Gasteiger partial charge in [0.2, 0.25) is 10.0 Å². The number of piperazine rings is 1. The molecule has 0 bridgehead atoms. The molecule has 1 aliphatic heterocycles. The Kier molecular flexibility index (Phi) is 4.27. The maximum Gasteiger partial charge on any atom is 0.214 e. The molecule has 1 N–H and O–H groups in total. The van der Waals surface area contributed by atoms with Crippen molar-refractivity contribution in [1.29, 1.82) is 0 Å². The lowest BCUT2D eigenvalue weighted by atomic mass is 10.1.